The molecule has 47 valence electrons. The van der Waals surface area contributed by atoms with Crippen LogP contribution in [0.4, 0.5) is 0 Å². The van der Waals surface area contributed by atoms with E-state index in [1.165, 1.54) is 16.3 Å². The van der Waals surface area contributed by atoms with E-state index in [-0.39, 0.29) is 0 Å². The van der Waals surface area contributed by atoms with Crippen molar-refractivity contribution in [1.82, 2.24) is 0 Å². The molecule has 0 atom stereocenters. The van der Waals surface area contributed by atoms with E-state index in [1.807, 2.05) is 10.2 Å². The first-order valence-corrected chi connectivity index (χ1v) is 3.80. The van der Waals surface area contributed by atoms with Crippen molar-refractivity contribution in [1.29, 1.82) is 0 Å². The van der Waals surface area contributed by atoms with Crippen LogP contribution >= 0.6 is 0 Å². The van der Waals surface area contributed by atoms with Crippen molar-refractivity contribution in [2.75, 3.05) is 0 Å². The van der Waals surface area contributed by atoms with Crippen LogP contribution in [-0.2, 0) is 0 Å². The van der Waals surface area contributed by atoms with Gasteiger partial charge in [-0.1, -0.05) is 34.5 Å². The Labute approximate surface area is 59.3 Å². The molecule has 1 aromatic rings. The minimum Gasteiger partial charge on any atom is -0.0669 e. The lowest BCUT2D eigenvalue weighted by Gasteiger charge is -1.98. The molecule has 0 unspecified atom stereocenters. The Morgan fingerprint density at radius 3 is 2.33 bits per heavy atom. The summed E-state index contributed by atoms with van der Waals surface area (Å²) in [5.41, 5.74) is 2.75. The molecule has 0 nitrogen and oxygen atoms in total. The summed E-state index contributed by atoms with van der Waals surface area (Å²) in [4.78, 5) is 0. The second-order valence-electron chi connectivity index (χ2n) is 2.43. The van der Waals surface area contributed by atoms with Gasteiger partial charge in [-0.3, -0.25) is 0 Å². The second-order valence-corrected chi connectivity index (χ2v) is 3.19. The molecule has 0 spiro atoms. The minimum absolute atomic E-state index is 1.35. The Bertz CT molecular complexity index is 216. The monoisotopic (exact) mass is 135 g/mol. The van der Waals surface area contributed by atoms with Crippen LogP contribution in [0.3, 0.4) is 0 Å². The molecule has 1 rings (SSSR count). The topological polar surface area (TPSA) is 0 Å². The molecule has 0 aliphatic heterocycles. The molecule has 0 fully saturated rings. The number of rotatable bonds is 0. The lowest BCUT2D eigenvalue weighted by atomic mass is 10.2. The van der Waals surface area contributed by atoms with Gasteiger partial charge >= 0.3 is 0 Å². The fourth-order valence-corrected chi connectivity index (χ4v) is 1.07. The zero-order valence-corrected chi connectivity index (χ0v) is 7.35. The highest BCUT2D eigenvalue weighted by molar-refractivity contribution is 6.33. The Balaban J connectivity index is 3.17. The Kier molecular flexibility index (Phi) is 1.72. The predicted molar refractivity (Wildman–Crippen MR) is 44.1 cm³/mol. The van der Waals surface area contributed by atoms with E-state index >= 15 is 0 Å². The summed E-state index contributed by atoms with van der Waals surface area (Å²) in [6, 6.07) is 6.53. The summed E-state index contributed by atoms with van der Waals surface area (Å²) in [5.74, 6) is 0. The van der Waals surface area contributed by atoms with Gasteiger partial charge in [0.15, 0.2) is 0 Å². The van der Waals surface area contributed by atoms with Gasteiger partial charge in [0, 0.05) is 10.2 Å². The number of benzene rings is 1. The molecule has 9 heavy (non-hydrogen) atoms. The lowest BCUT2D eigenvalue weighted by molar-refractivity contribution is 1.41. The Morgan fingerprint density at radius 2 is 1.89 bits per heavy atom. The van der Waals surface area contributed by atoms with E-state index in [0.717, 1.165) is 0 Å². The van der Waals surface area contributed by atoms with E-state index in [1.54, 1.807) is 0 Å². The maximum atomic E-state index is 2.21. The molecule has 0 bridgehead atoms. The first-order valence-electron chi connectivity index (χ1n) is 3.09. The first-order chi connectivity index (χ1) is 4.20. The molecule has 0 N–H and O–H groups in total. The summed E-state index contributed by atoms with van der Waals surface area (Å²) < 4.78 is 0. The number of aryl methyl sites for hydroxylation is 2. The summed E-state index contributed by atoms with van der Waals surface area (Å²) in [7, 11) is 1.94. The normalized spacial score (nSPS) is 9.67. The van der Waals surface area contributed by atoms with E-state index in [9.17, 15) is 0 Å². The highest BCUT2D eigenvalue weighted by atomic mass is 28.1. The van der Waals surface area contributed by atoms with Crippen LogP contribution < -0.4 is 5.19 Å². The number of hydrogen-bond donors (Lipinski definition) is 0. The zero-order chi connectivity index (χ0) is 6.85. The summed E-state index contributed by atoms with van der Waals surface area (Å²) in [6.45, 7) is 4.27. The van der Waals surface area contributed by atoms with Crippen molar-refractivity contribution < 1.29 is 0 Å². The van der Waals surface area contributed by atoms with Crippen LogP contribution in [0.15, 0.2) is 18.2 Å². The molecular weight excluding hydrogens is 124 g/mol. The fraction of sp³-hybridized carbons (Fsp3) is 0.250. The molecule has 0 aliphatic carbocycles. The molecule has 0 aromatic heterocycles. The third-order valence-corrected chi connectivity index (χ3v) is 2.29. The van der Waals surface area contributed by atoms with Gasteiger partial charge in [0.1, 0.15) is 0 Å². The van der Waals surface area contributed by atoms with Gasteiger partial charge in [-0.15, -0.1) is 0 Å². The molecule has 0 heterocycles. The summed E-state index contributed by atoms with van der Waals surface area (Å²) >= 11 is 0. The van der Waals surface area contributed by atoms with E-state index in [2.05, 4.69) is 32.0 Å². The van der Waals surface area contributed by atoms with Crippen molar-refractivity contribution >= 4 is 15.4 Å². The molecule has 1 heteroatoms. The van der Waals surface area contributed by atoms with E-state index in [0.29, 0.717) is 0 Å². The van der Waals surface area contributed by atoms with Gasteiger partial charge in [-0.05, 0) is 13.8 Å². The smallest absolute Gasteiger partial charge is 0.0480 e. The van der Waals surface area contributed by atoms with Crippen LogP contribution in [-0.4, -0.2) is 10.2 Å². The third-order valence-electron chi connectivity index (χ3n) is 1.50. The van der Waals surface area contributed by atoms with Gasteiger partial charge in [-0.25, -0.2) is 0 Å². The van der Waals surface area contributed by atoms with Crippen molar-refractivity contribution in [2.45, 2.75) is 13.8 Å². The van der Waals surface area contributed by atoms with Crippen LogP contribution in [0.25, 0.3) is 0 Å². The summed E-state index contributed by atoms with van der Waals surface area (Å²) in [5, 5.41) is 1.40. The second kappa shape index (κ2) is 2.36. The minimum atomic E-state index is 1.35. The average molecular weight is 135 g/mol. The van der Waals surface area contributed by atoms with Gasteiger partial charge in [-0.2, -0.15) is 0 Å². The van der Waals surface area contributed by atoms with Gasteiger partial charge in [0.25, 0.3) is 0 Å². The fourth-order valence-electron chi connectivity index (χ4n) is 0.846. The standard InChI is InChI=1S/C8H11Si/c1-6-3-4-8(9)7(2)5-6/h3-5H,9H2,1-2H3. The quantitative estimate of drug-likeness (QED) is 0.456. The van der Waals surface area contributed by atoms with Crippen molar-refractivity contribution in [3.63, 3.8) is 0 Å². The van der Waals surface area contributed by atoms with Gasteiger partial charge in [0.2, 0.25) is 0 Å². The largest absolute Gasteiger partial charge is 0.0669 e. The van der Waals surface area contributed by atoms with Crippen molar-refractivity contribution in [2.24, 2.45) is 0 Å². The first kappa shape index (κ1) is 6.56. The number of hydrogen-bond acceptors (Lipinski definition) is 0. The molecule has 0 aliphatic rings. The van der Waals surface area contributed by atoms with Gasteiger partial charge < -0.3 is 0 Å². The van der Waals surface area contributed by atoms with Gasteiger partial charge in [0.05, 0.1) is 0 Å². The molecule has 1 radical (unpaired) electrons. The maximum Gasteiger partial charge on any atom is 0.0480 e. The van der Waals surface area contributed by atoms with Crippen molar-refractivity contribution in [3.8, 4) is 0 Å². The van der Waals surface area contributed by atoms with Crippen LogP contribution in [0.1, 0.15) is 11.1 Å². The van der Waals surface area contributed by atoms with E-state index < -0.39 is 0 Å². The van der Waals surface area contributed by atoms with E-state index in [4.69, 9.17) is 0 Å². The highest BCUT2D eigenvalue weighted by Crippen LogP contribution is 1.97. The molecule has 0 saturated carbocycles. The molecule has 1 aromatic carbocycles. The Hall–Kier alpha value is -0.563. The van der Waals surface area contributed by atoms with Crippen molar-refractivity contribution in [3.05, 3.63) is 29.3 Å². The Morgan fingerprint density at radius 1 is 1.22 bits per heavy atom. The van der Waals surface area contributed by atoms with Crippen LogP contribution in [0, 0.1) is 13.8 Å². The molecule has 0 amide bonds. The SMILES string of the molecule is Cc1ccc([SiH2])c(C)c1. The zero-order valence-electron chi connectivity index (χ0n) is 5.94. The molecule has 0 saturated heterocycles. The maximum absolute atomic E-state index is 2.21. The summed E-state index contributed by atoms with van der Waals surface area (Å²) in [6.07, 6.45) is 0. The molecular formula is C8H11Si. The average Bonchev–Trinajstić information content (AvgIpc) is 1.80. The van der Waals surface area contributed by atoms with Crippen LogP contribution in [0.5, 0.6) is 0 Å². The lowest BCUT2D eigenvalue weighted by Crippen LogP contribution is -2.05. The highest BCUT2D eigenvalue weighted by Gasteiger charge is 1.88. The third kappa shape index (κ3) is 1.42. The predicted octanol–water partition coefficient (Wildman–Crippen LogP) is 0.562. The van der Waals surface area contributed by atoms with Crippen LogP contribution in [0.2, 0.25) is 0 Å².